The molecule has 0 aromatic carbocycles. The number of hydrogen-bond donors (Lipinski definition) is 2. The van der Waals surface area contributed by atoms with Crippen molar-refractivity contribution in [3.63, 3.8) is 0 Å². The Morgan fingerprint density at radius 1 is 0.906 bits per heavy atom. The first kappa shape index (κ1) is 24.5. The molecule has 182 valence electrons. The van der Waals surface area contributed by atoms with Crippen molar-refractivity contribution in [1.82, 2.24) is 0 Å². The van der Waals surface area contributed by atoms with Crippen molar-refractivity contribution in [3.8, 4) is 0 Å². The number of rotatable bonds is 4. The lowest BCUT2D eigenvalue weighted by atomic mass is 9.45. The molecule has 0 amide bonds. The van der Waals surface area contributed by atoms with Crippen molar-refractivity contribution in [1.29, 1.82) is 0 Å². The molecule has 0 heterocycles. The van der Waals surface area contributed by atoms with Gasteiger partial charge in [0.05, 0.1) is 12.2 Å². The minimum absolute atomic E-state index is 0.0183. The highest BCUT2D eigenvalue weighted by atomic mass is 16.3. The maximum absolute atomic E-state index is 11.4. The molecule has 9 atom stereocenters. The Labute approximate surface area is 198 Å². The van der Waals surface area contributed by atoms with Crippen molar-refractivity contribution in [2.24, 2.45) is 51.8 Å². The van der Waals surface area contributed by atoms with Gasteiger partial charge in [-0.05, 0) is 90.8 Å². The Morgan fingerprint density at radius 2 is 1.59 bits per heavy atom. The van der Waals surface area contributed by atoms with Crippen LogP contribution in [0.3, 0.4) is 0 Å². The van der Waals surface area contributed by atoms with E-state index in [0.29, 0.717) is 35.5 Å². The van der Waals surface area contributed by atoms with Gasteiger partial charge in [-0.2, -0.15) is 0 Å². The van der Waals surface area contributed by atoms with Crippen molar-refractivity contribution >= 4 is 0 Å². The highest BCUT2D eigenvalue weighted by molar-refractivity contribution is 5.36. The molecule has 4 aliphatic carbocycles. The van der Waals surface area contributed by atoms with Crippen LogP contribution in [0.2, 0.25) is 0 Å². The zero-order chi connectivity index (χ0) is 23.6. The molecule has 2 fully saturated rings. The van der Waals surface area contributed by atoms with E-state index < -0.39 is 0 Å². The minimum Gasteiger partial charge on any atom is -0.393 e. The number of allylic oxidation sites excluding steroid dienone is 3. The van der Waals surface area contributed by atoms with E-state index in [2.05, 4.69) is 67.5 Å². The van der Waals surface area contributed by atoms with Gasteiger partial charge in [0.25, 0.3) is 0 Å². The van der Waals surface area contributed by atoms with Gasteiger partial charge >= 0.3 is 0 Å². The van der Waals surface area contributed by atoms with Gasteiger partial charge in [-0.3, -0.25) is 0 Å². The van der Waals surface area contributed by atoms with Crippen LogP contribution in [0.1, 0.15) is 100 Å². The van der Waals surface area contributed by atoms with Gasteiger partial charge in [0.2, 0.25) is 0 Å². The van der Waals surface area contributed by atoms with E-state index >= 15 is 0 Å². The monoisotopic (exact) mass is 442 g/mol. The van der Waals surface area contributed by atoms with Crippen LogP contribution in [0, 0.1) is 51.8 Å². The van der Waals surface area contributed by atoms with E-state index in [9.17, 15) is 10.2 Å². The summed E-state index contributed by atoms with van der Waals surface area (Å²) in [5.74, 6) is 3.24. The lowest BCUT2D eigenvalue weighted by Crippen LogP contribution is -2.54. The summed E-state index contributed by atoms with van der Waals surface area (Å²) in [7, 11) is 0. The summed E-state index contributed by atoms with van der Waals surface area (Å²) in [5, 5.41) is 22.2. The van der Waals surface area contributed by atoms with Crippen LogP contribution in [0.25, 0.3) is 0 Å². The second kappa shape index (κ2) is 8.26. The Balaban J connectivity index is 1.65. The molecular weight excluding hydrogens is 392 g/mol. The second-order valence-corrected chi connectivity index (χ2v) is 13.6. The Morgan fingerprint density at radius 3 is 2.25 bits per heavy atom. The van der Waals surface area contributed by atoms with Gasteiger partial charge in [-0.25, -0.2) is 0 Å². The fraction of sp³-hybridized carbons (Fsp3) is 0.867. The van der Waals surface area contributed by atoms with Crippen molar-refractivity contribution in [2.75, 3.05) is 0 Å². The largest absolute Gasteiger partial charge is 0.393 e. The van der Waals surface area contributed by atoms with E-state index in [-0.39, 0.29) is 28.5 Å². The fourth-order valence-electron chi connectivity index (χ4n) is 8.92. The Hall–Kier alpha value is -0.600. The molecule has 0 aliphatic heterocycles. The van der Waals surface area contributed by atoms with Crippen LogP contribution in [0.4, 0.5) is 0 Å². The Kier molecular flexibility index (Phi) is 6.33. The quantitative estimate of drug-likeness (QED) is 0.453. The van der Waals surface area contributed by atoms with Crippen LogP contribution < -0.4 is 0 Å². The lowest BCUT2D eigenvalue weighted by molar-refractivity contribution is -0.0940. The van der Waals surface area contributed by atoms with E-state index in [4.69, 9.17) is 0 Å². The average molecular weight is 443 g/mol. The summed E-state index contributed by atoms with van der Waals surface area (Å²) in [4.78, 5) is 0. The molecule has 4 aliphatic rings. The van der Waals surface area contributed by atoms with Crippen LogP contribution in [0.5, 0.6) is 0 Å². The summed E-state index contributed by atoms with van der Waals surface area (Å²) in [6.45, 7) is 18.9. The standard InChI is InChI=1S/C30H50O2/c1-18(2)19(3)9-10-20(4)23-17-24(31)27-21-11-12-25-28(5,6)26(32)14-16-29(25,7)22(21)13-15-30(23,27)8/h9-10,18-20,23-27,31-32H,11-17H2,1-8H3/t19-,20+,23+,24+,25-,26-,27-,29+,30+/m0/s1. The molecule has 4 rings (SSSR count). The van der Waals surface area contributed by atoms with E-state index in [1.165, 1.54) is 19.3 Å². The zero-order valence-electron chi connectivity index (χ0n) is 22.1. The number of hydrogen-bond acceptors (Lipinski definition) is 2. The summed E-state index contributed by atoms with van der Waals surface area (Å²) in [6.07, 6.45) is 12.2. The maximum atomic E-state index is 11.4. The van der Waals surface area contributed by atoms with Gasteiger partial charge in [0, 0.05) is 5.92 Å². The van der Waals surface area contributed by atoms with Gasteiger partial charge in [0.15, 0.2) is 0 Å². The van der Waals surface area contributed by atoms with Gasteiger partial charge < -0.3 is 10.2 Å². The van der Waals surface area contributed by atoms with Crippen LogP contribution in [-0.2, 0) is 0 Å². The zero-order valence-corrected chi connectivity index (χ0v) is 22.1. The number of aliphatic hydroxyl groups excluding tert-OH is 2. The molecule has 0 aromatic rings. The summed E-state index contributed by atoms with van der Waals surface area (Å²) in [5.41, 5.74) is 3.71. The van der Waals surface area contributed by atoms with E-state index in [1.54, 1.807) is 11.1 Å². The maximum Gasteiger partial charge on any atom is 0.0614 e. The van der Waals surface area contributed by atoms with Gasteiger partial charge in [-0.15, -0.1) is 0 Å². The van der Waals surface area contributed by atoms with E-state index in [0.717, 1.165) is 25.7 Å². The molecule has 0 saturated heterocycles. The number of aliphatic hydroxyl groups is 2. The van der Waals surface area contributed by atoms with Crippen LogP contribution >= 0.6 is 0 Å². The molecule has 2 nitrogen and oxygen atoms in total. The first-order valence-corrected chi connectivity index (χ1v) is 13.6. The molecule has 0 radical (unpaired) electrons. The van der Waals surface area contributed by atoms with Crippen LogP contribution in [-0.4, -0.2) is 22.4 Å². The highest BCUT2D eigenvalue weighted by Gasteiger charge is 2.61. The molecule has 0 spiro atoms. The smallest absolute Gasteiger partial charge is 0.0614 e. The molecule has 0 aromatic heterocycles. The van der Waals surface area contributed by atoms with Crippen molar-refractivity contribution in [3.05, 3.63) is 23.3 Å². The topological polar surface area (TPSA) is 40.5 Å². The van der Waals surface area contributed by atoms with Crippen molar-refractivity contribution in [2.45, 2.75) is 113 Å². The van der Waals surface area contributed by atoms with Crippen molar-refractivity contribution < 1.29 is 10.2 Å². The predicted octanol–water partition coefficient (Wildman–Crippen LogP) is 7.16. The molecular formula is C30H50O2. The predicted molar refractivity (Wildman–Crippen MR) is 134 cm³/mol. The lowest BCUT2D eigenvalue weighted by Gasteiger charge is -2.60. The molecule has 0 bridgehead atoms. The fourth-order valence-corrected chi connectivity index (χ4v) is 8.92. The SMILES string of the molecule is CC(C)[C@@H](C)C=C[C@@H](C)[C@H]1C[C@@H](O)[C@@H]2C3=C(CC[C@]12C)[C@@]1(C)CC[C@H](O)C(C)(C)[C@@H]1CC3. The third-order valence-corrected chi connectivity index (χ3v) is 11.4. The average Bonchev–Trinajstić information content (AvgIpc) is 3.00. The van der Waals surface area contributed by atoms with Gasteiger partial charge in [0.1, 0.15) is 0 Å². The Bertz CT molecular complexity index is 776. The third kappa shape index (κ3) is 3.58. The van der Waals surface area contributed by atoms with Gasteiger partial charge in [-0.1, -0.05) is 78.7 Å². The normalized spacial score (nSPS) is 45.5. The minimum atomic E-state index is -0.198. The highest BCUT2D eigenvalue weighted by Crippen LogP contribution is 2.67. The van der Waals surface area contributed by atoms with Crippen LogP contribution in [0.15, 0.2) is 23.3 Å². The molecule has 32 heavy (non-hydrogen) atoms. The summed E-state index contributed by atoms with van der Waals surface area (Å²) < 4.78 is 0. The first-order chi connectivity index (χ1) is 14.8. The van der Waals surface area contributed by atoms with E-state index in [1.807, 2.05) is 0 Å². The molecule has 2 heteroatoms. The second-order valence-electron chi connectivity index (χ2n) is 13.6. The molecule has 2 N–H and O–H groups in total. The third-order valence-electron chi connectivity index (χ3n) is 11.4. The summed E-state index contributed by atoms with van der Waals surface area (Å²) in [6, 6.07) is 0. The summed E-state index contributed by atoms with van der Waals surface area (Å²) >= 11 is 0. The first-order valence-electron chi connectivity index (χ1n) is 13.6. The molecule has 0 unspecified atom stereocenters. The number of fused-ring (bicyclic) bond motifs is 4. The molecule has 2 saturated carbocycles.